The van der Waals surface area contributed by atoms with Gasteiger partial charge in [-0.25, -0.2) is 13.6 Å². The fraction of sp³-hybridized carbons (Fsp3) is 0.0833. The number of carboxylic acids is 1. The second kappa shape index (κ2) is 4.25. The Morgan fingerprint density at radius 3 is 2.65 bits per heavy atom. The molecule has 2 rings (SSSR count). The summed E-state index contributed by atoms with van der Waals surface area (Å²) >= 11 is 0.937. The van der Waals surface area contributed by atoms with Crippen molar-refractivity contribution in [2.45, 2.75) is 6.92 Å². The maximum Gasteiger partial charge on any atom is 0.345 e. The van der Waals surface area contributed by atoms with Crippen molar-refractivity contribution in [1.29, 1.82) is 0 Å². The van der Waals surface area contributed by atoms with Crippen LogP contribution in [0, 0.1) is 18.6 Å². The normalized spacial score (nSPS) is 10.5. The number of aromatic carboxylic acids is 1. The van der Waals surface area contributed by atoms with Crippen molar-refractivity contribution < 1.29 is 18.7 Å². The highest BCUT2D eigenvalue weighted by molar-refractivity contribution is 7.17. The van der Waals surface area contributed by atoms with Crippen molar-refractivity contribution in [2.75, 3.05) is 0 Å². The van der Waals surface area contributed by atoms with Gasteiger partial charge in [-0.1, -0.05) is 12.1 Å². The summed E-state index contributed by atoms with van der Waals surface area (Å²) in [5, 5.41) is 8.84. The average Bonchev–Trinajstić information content (AvgIpc) is 2.65. The molecule has 0 aliphatic carbocycles. The summed E-state index contributed by atoms with van der Waals surface area (Å²) in [6.45, 7) is 1.67. The number of rotatable bonds is 2. The van der Waals surface area contributed by atoms with E-state index in [2.05, 4.69) is 0 Å². The molecule has 2 aromatic rings. The molecule has 1 N–H and O–H groups in total. The molecule has 88 valence electrons. The van der Waals surface area contributed by atoms with Crippen molar-refractivity contribution >= 4 is 17.3 Å². The molecule has 0 unspecified atom stereocenters. The van der Waals surface area contributed by atoms with Crippen LogP contribution in [-0.2, 0) is 0 Å². The fourth-order valence-electron chi connectivity index (χ4n) is 1.53. The van der Waals surface area contributed by atoms with E-state index >= 15 is 0 Å². The van der Waals surface area contributed by atoms with Crippen LogP contribution in [0.2, 0.25) is 0 Å². The van der Waals surface area contributed by atoms with Gasteiger partial charge in [0.1, 0.15) is 4.88 Å². The van der Waals surface area contributed by atoms with E-state index < -0.39 is 17.6 Å². The number of thiophene rings is 1. The zero-order chi connectivity index (χ0) is 12.6. The lowest BCUT2D eigenvalue weighted by Crippen LogP contribution is -1.89. The molecular formula is C12H8F2O2S. The lowest BCUT2D eigenvalue weighted by molar-refractivity contribution is 0.0702. The number of carbonyl (C=O) groups is 1. The topological polar surface area (TPSA) is 37.3 Å². The summed E-state index contributed by atoms with van der Waals surface area (Å²) in [5.74, 6) is -2.96. The van der Waals surface area contributed by atoms with Crippen molar-refractivity contribution in [1.82, 2.24) is 0 Å². The highest BCUT2D eigenvalue weighted by Gasteiger charge is 2.16. The summed E-state index contributed by atoms with van der Waals surface area (Å²) in [6, 6.07) is 5.31. The first-order chi connectivity index (χ1) is 8.00. The van der Waals surface area contributed by atoms with Crippen molar-refractivity contribution in [3.05, 3.63) is 46.3 Å². The van der Waals surface area contributed by atoms with Crippen LogP contribution in [0.25, 0.3) is 10.4 Å². The minimum Gasteiger partial charge on any atom is -0.477 e. The average molecular weight is 254 g/mol. The first kappa shape index (κ1) is 11.7. The molecular weight excluding hydrogens is 246 g/mol. The van der Waals surface area contributed by atoms with Crippen molar-refractivity contribution in [2.24, 2.45) is 0 Å². The van der Waals surface area contributed by atoms with E-state index in [0.717, 1.165) is 17.4 Å². The summed E-state index contributed by atoms with van der Waals surface area (Å²) in [7, 11) is 0. The molecule has 1 aromatic carbocycles. The lowest BCUT2D eigenvalue weighted by Gasteiger charge is -2.02. The van der Waals surface area contributed by atoms with Gasteiger partial charge in [-0.2, -0.15) is 0 Å². The molecule has 5 heteroatoms. The van der Waals surface area contributed by atoms with Crippen LogP contribution in [0.15, 0.2) is 24.3 Å². The van der Waals surface area contributed by atoms with Crippen LogP contribution < -0.4 is 0 Å². The third kappa shape index (κ3) is 2.06. The van der Waals surface area contributed by atoms with Gasteiger partial charge in [0, 0.05) is 10.4 Å². The number of hydrogen-bond acceptors (Lipinski definition) is 2. The maximum absolute atomic E-state index is 13.6. The second-order valence-electron chi connectivity index (χ2n) is 3.53. The number of halogens is 2. The van der Waals surface area contributed by atoms with Crippen LogP contribution in [0.1, 0.15) is 15.2 Å². The quantitative estimate of drug-likeness (QED) is 0.887. The Kier molecular flexibility index (Phi) is 2.93. The van der Waals surface area contributed by atoms with Gasteiger partial charge in [0.25, 0.3) is 0 Å². The third-order valence-corrected chi connectivity index (χ3v) is 3.58. The zero-order valence-electron chi connectivity index (χ0n) is 8.83. The minimum atomic E-state index is -1.07. The van der Waals surface area contributed by atoms with Gasteiger partial charge in [0.15, 0.2) is 11.6 Å². The van der Waals surface area contributed by atoms with Crippen LogP contribution in [0.4, 0.5) is 8.78 Å². The molecule has 17 heavy (non-hydrogen) atoms. The van der Waals surface area contributed by atoms with E-state index in [1.54, 1.807) is 6.92 Å². The number of benzene rings is 1. The van der Waals surface area contributed by atoms with Gasteiger partial charge in [-0.15, -0.1) is 11.3 Å². The van der Waals surface area contributed by atoms with Crippen LogP contribution >= 0.6 is 11.3 Å². The standard InChI is InChI=1S/C12H8F2O2S/c1-6-5-9(12(15)16)17-11(6)7-3-2-4-8(13)10(7)14/h2-5H,1H3,(H,15,16). The van der Waals surface area contributed by atoms with E-state index in [0.29, 0.717) is 10.4 Å². The molecule has 1 aromatic heterocycles. The summed E-state index contributed by atoms with van der Waals surface area (Å²) in [5.41, 5.74) is 0.719. The van der Waals surface area contributed by atoms with E-state index in [9.17, 15) is 13.6 Å². The van der Waals surface area contributed by atoms with Crippen molar-refractivity contribution in [3.63, 3.8) is 0 Å². The Morgan fingerprint density at radius 2 is 2.06 bits per heavy atom. The van der Waals surface area contributed by atoms with Crippen molar-refractivity contribution in [3.8, 4) is 10.4 Å². The maximum atomic E-state index is 13.6. The molecule has 0 spiro atoms. The number of carboxylic acid groups (broad SMARTS) is 1. The second-order valence-corrected chi connectivity index (χ2v) is 4.58. The lowest BCUT2D eigenvalue weighted by atomic mass is 10.1. The molecule has 0 amide bonds. The van der Waals surface area contributed by atoms with Gasteiger partial charge in [-0.3, -0.25) is 0 Å². The zero-order valence-corrected chi connectivity index (χ0v) is 9.65. The number of hydrogen-bond donors (Lipinski definition) is 1. The van der Waals surface area contributed by atoms with Gasteiger partial charge < -0.3 is 5.11 Å². The van der Waals surface area contributed by atoms with Gasteiger partial charge in [0.2, 0.25) is 0 Å². The predicted octanol–water partition coefficient (Wildman–Crippen LogP) is 3.70. The molecule has 0 aliphatic rings. The number of aryl methyl sites for hydroxylation is 1. The molecule has 0 fully saturated rings. The molecule has 1 heterocycles. The summed E-state index contributed by atoms with van der Waals surface area (Å²) in [4.78, 5) is 11.3. The third-order valence-electron chi connectivity index (χ3n) is 2.32. The Hall–Kier alpha value is -1.75. The molecule has 2 nitrogen and oxygen atoms in total. The highest BCUT2D eigenvalue weighted by Crippen LogP contribution is 2.34. The first-order valence-corrected chi connectivity index (χ1v) is 5.60. The Morgan fingerprint density at radius 1 is 1.35 bits per heavy atom. The van der Waals surface area contributed by atoms with E-state index in [1.165, 1.54) is 18.2 Å². The van der Waals surface area contributed by atoms with Gasteiger partial charge in [-0.05, 0) is 24.6 Å². The van der Waals surface area contributed by atoms with Gasteiger partial charge in [0.05, 0.1) is 0 Å². The van der Waals surface area contributed by atoms with Gasteiger partial charge >= 0.3 is 5.97 Å². The van der Waals surface area contributed by atoms with Crippen LogP contribution in [0.3, 0.4) is 0 Å². The molecule has 0 radical (unpaired) electrons. The Bertz CT molecular complexity index is 590. The predicted molar refractivity (Wildman–Crippen MR) is 61.4 cm³/mol. The molecule has 0 aliphatic heterocycles. The smallest absolute Gasteiger partial charge is 0.345 e. The van der Waals surface area contributed by atoms with Crippen LogP contribution in [-0.4, -0.2) is 11.1 Å². The van der Waals surface area contributed by atoms with E-state index in [1.807, 2.05) is 0 Å². The first-order valence-electron chi connectivity index (χ1n) is 4.79. The van der Waals surface area contributed by atoms with E-state index in [-0.39, 0.29) is 10.4 Å². The van der Waals surface area contributed by atoms with E-state index in [4.69, 9.17) is 5.11 Å². The monoisotopic (exact) mass is 254 g/mol. The van der Waals surface area contributed by atoms with Crippen LogP contribution in [0.5, 0.6) is 0 Å². The summed E-state index contributed by atoms with van der Waals surface area (Å²) < 4.78 is 26.6. The largest absolute Gasteiger partial charge is 0.477 e. The highest BCUT2D eigenvalue weighted by atomic mass is 32.1. The SMILES string of the molecule is Cc1cc(C(=O)O)sc1-c1cccc(F)c1F. The molecule has 0 atom stereocenters. The molecule has 0 saturated carbocycles. The Balaban J connectivity index is 2.60. The Labute approximate surface area is 100 Å². The minimum absolute atomic E-state index is 0.0972. The fourth-order valence-corrected chi connectivity index (χ4v) is 2.56. The summed E-state index contributed by atoms with van der Waals surface area (Å²) in [6.07, 6.45) is 0. The molecule has 0 bridgehead atoms. The molecule has 0 saturated heterocycles.